The van der Waals surface area contributed by atoms with E-state index in [1.165, 1.54) is 11.3 Å². The predicted molar refractivity (Wildman–Crippen MR) is 40.9 cm³/mol. The summed E-state index contributed by atoms with van der Waals surface area (Å²) < 4.78 is 0. The van der Waals surface area contributed by atoms with E-state index >= 15 is 0 Å². The summed E-state index contributed by atoms with van der Waals surface area (Å²) in [4.78, 5) is 0. The maximum Gasteiger partial charge on any atom is 0.166 e. The summed E-state index contributed by atoms with van der Waals surface area (Å²) >= 11 is 1.51. The van der Waals surface area contributed by atoms with Crippen molar-refractivity contribution in [3.05, 3.63) is 10.0 Å². The van der Waals surface area contributed by atoms with Gasteiger partial charge in [0.1, 0.15) is 17.3 Å². The van der Waals surface area contributed by atoms with Crippen molar-refractivity contribution in [2.45, 2.75) is 6.92 Å². The van der Waals surface area contributed by atoms with Crippen molar-refractivity contribution in [3.63, 3.8) is 0 Å². The molecule has 56 valence electrons. The van der Waals surface area contributed by atoms with Crippen molar-refractivity contribution >= 4 is 17.0 Å². The lowest BCUT2D eigenvalue weighted by molar-refractivity contribution is 1.04. The van der Waals surface area contributed by atoms with Crippen LogP contribution in [0.5, 0.6) is 0 Å². The van der Waals surface area contributed by atoms with E-state index in [2.05, 4.69) is 25.6 Å². The molecule has 0 N–H and O–H groups in total. The van der Waals surface area contributed by atoms with E-state index in [9.17, 15) is 0 Å². The van der Waals surface area contributed by atoms with E-state index in [1.807, 2.05) is 6.92 Å². The van der Waals surface area contributed by atoms with Gasteiger partial charge in [0.05, 0.1) is 0 Å². The van der Waals surface area contributed by atoms with E-state index < -0.39 is 0 Å². The average molecular weight is 167 g/mol. The normalized spacial score (nSPS) is 15.5. The molecule has 1 aromatic heterocycles. The molecule has 1 aromatic rings. The Kier molecular flexibility index (Phi) is 1.46. The van der Waals surface area contributed by atoms with Crippen LogP contribution in [0.3, 0.4) is 0 Å². The molecule has 5 nitrogen and oxygen atoms in total. The fourth-order valence-corrected chi connectivity index (χ4v) is 1.41. The Bertz CT molecular complexity index is 325. The molecule has 1 aliphatic rings. The maximum absolute atomic E-state index is 3.92. The molecule has 0 aromatic carbocycles. The van der Waals surface area contributed by atoms with E-state index in [-0.39, 0.29) is 0 Å². The van der Waals surface area contributed by atoms with Crippen molar-refractivity contribution in [2.75, 3.05) is 6.54 Å². The van der Waals surface area contributed by atoms with Crippen LogP contribution < -0.4 is 0 Å². The molecule has 0 amide bonds. The molecule has 11 heavy (non-hydrogen) atoms. The first-order valence-electron chi connectivity index (χ1n) is 3.10. The fourth-order valence-electron chi connectivity index (χ4n) is 0.739. The second-order valence-corrected chi connectivity index (χ2v) is 3.24. The average Bonchev–Trinajstić information content (AvgIpc) is 2.55. The molecule has 0 saturated heterocycles. The highest BCUT2D eigenvalue weighted by Gasteiger charge is 2.11. The summed E-state index contributed by atoms with van der Waals surface area (Å²) in [5.41, 5.74) is 0.815. The summed E-state index contributed by atoms with van der Waals surface area (Å²) in [5.74, 6) is 0. The highest BCUT2D eigenvalue weighted by atomic mass is 32.1. The largest absolute Gasteiger partial charge is 0.166 e. The summed E-state index contributed by atoms with van der Waals surface area (Å²) in [6.45, 7) is 2.44. The van der Waals surface area contributed by atoms with E-state index in [0.29, 0.717) is 6.54 Å². The van der Waals surface area contributed by atoms with Gasteiger partial charge in [-0.15, -0.1) is 15.3 Å². The van der Waals surface area contributed by atoms with Crippen LogP contribution >= 0.6 is 11.3 Å². The summed E-state index contributed by atoms with van der Waals surface area (Å²) in [7, 11) is 0. The first kappa shape index (κ1) is 6.53. The van der Waals surface area contributed by atoms with Gasteiger partial charge < -0.3 is 0 Å². The summed E-state index contributed by atoms with van der Waals surface area (Å²) in [5, 5.41) is 20.6. The Morgan fingerprint density at radius 3 is 2.82 bits per heavy atom. The van der Waals surface area contributed by atoms with Gasteiger partial charge in [0.15, 0.2) is 5.01 Å². The van der Waals surface area contributed by atoms with Gasteiger partial charge in [-0.25, -0.2) is 0 Å². The van der Waals surface area contributed by atoms with Crippen LogP contribution in [0.15, 0.2) is 15.4 Å². The third kappa shape index (κ3) is 1.16. The zero-order valence-electron chi connectivity index (χ0n) is 5.85. The fraction of sp³-hybridized carbons (Fsp3) is 0.400. The van der Waals surface area contributed by atoms with Gasteiger partial charge in [0.25, 0.3) is 0 Å². The Morgan fingerprint density at radius 1 is 1.36 bits per heavy atom. The molecule has 0 saturated carbocycles. The van der Waals surface area contributed by atoms with Crippen LogP contribution in [0.2, 0.25) is 0 Å². The third-order valence-corrected chi connectivity index (χ3v) is 2.11. The lowest BCUT2D eigenvalue weighted by Gasteiger charge is -1.84. The number of nitrogens with zero attached hydrogens (tertiary/aromatic N) is 5. The molecular weight excluding hydrogens is 162 g/mol. The van der Waals surface area contributed by atoms with Crippen LogP contribution in [0, 0.1) is 6.92 Å². The van der Waals surface area contributed by atoms with Crippen molar-refractivity contribution in [2.24, 2.45) is 15.4 Å². The minimum atomic E-state index is 0.536. The predicted octanol–water partition coefficient (Wildman–Crippen LogP) is 1.02. The molecule has 0 fully saturated rings. The Hall–Kier alpha value is -1.17. The standard InChI is InChI=1S/C5H5N5S/c1-3-7-9-5(11-3)4-2-6-10-8-4/h2H2,1H3. The number of rotatable bonds is 1. The summed E-state index contributed by atoms with van der Waals surface area (Å²) in [6.07, 6.45) is 0. The van der Waals surface area contributed by atoms with Crippen LogP contribution in [0.4, 0.5) is 0 Å². The molecule has 1 aliphatic heterocycles. The smallest absolute Gasteiger partial charge is 0.162 e. The lowest BCUT2D eigenvalue weighted by Crippen LogP contribution is -2.00. The Labute approximate surface area is 66.9 Å². The maximum atomic E-state index is 3.92. The lowest BCUT2D eigenvalue weighted by atomic mass is 10.4. The van der Waals surface area contributed by atoms with Gasteiger partial charge >= 0.3 is 0 Å². The SMILES string of the molecule is Cc1nnc(C2=NN=NC2)s1. The van der Waals surface area contributed by atoms with E-state index in [1.54, 1.807) is 0 Å². The van der Waals surface area contributed by atoms with Gasteiger partial charge in [-0.1, -0.05) is 11.3 Å². The van der Waals surface area contributed by atoms with Gasteiger partial charge in [-0.3, -0.25) is 0 Å². The molecule has 0 atom stereocenters. The topological polar surface area (TPSA) is 62.9 Å². The van der Waals surface area contributed by atoms with Crippen LogP contribution in [-0.4, -0.2) is 22.5 Å². The molecule has 6 heteroatoms. The van der Waals surface area contributed by atoms with Crippen LogP contribution in [-0.2, 0) is 0 Å². The number of aryl methyl sites for hydroxylation is 1. The molecule has 0 radical (unpaired) electrons. The number of hydrogen-bond donors (Lipinski definition) is 0. The molecule has 0 spiro atoms. The van der Waals surface area contributed by atoms with Crippen molar-refractivity contribution in [3.8, 4) is 0 Å². The minimum Gasteiger partial charge on any atom is -0.162 e. The van der Waals surface area contributed by atoms with E-state index in [0.717, 1.165) is 15.7 Å². The Balaban J connectivity index is 2.30. The van der Waals surface area contributed by atoms with Crippen molar-refractivity contribution < 1.29 is 0 Å². The van der Waals surface area contributed by atoms with Gasteiger partial charge in [0.2, 0.25) is 0 Å². The zero-order valence-corrected chi connectivity index (χ0v) is 6.67. The molecule has 2 rings (SSSR count). The van der Waals surface area contributed by atoms with Gasteiger partial charge in [-0.2, -0.15) is 5.11 Å². The summed E-state index contributed by atoms with van der Waals surface area (Å²) in [6, 6.07) is 0. The van der Waals surface area contributed by atoms with Crippen LogP contribution in [0.1, 0.15) is 10.0 Å². The molecule has 0 unspecified atom stereocenters. The van der Waals surface area contributed by atoms with E-state index in [4.69, 9.17) is 0 Å². The van der Waals surface area contributed by atoms with Crippen molar-refractivity contribution in [1.29, 1.82) is 0 Å². The molecule has 2 heterocycles. The van der Waals surface area contributed by atoms with Gasteiger partial charge in [0, 0.05) is 0 Å². The Morgan fingerprint density at radius 2 is 2.27 bits per heavy atom. The first-order valence-corrected chi connectivity index (χ1v) is 3.92. The first-order chi connectivity index (χ1) is 5.36. The molecule has 0 bridgehead atoms. The number of hydrogen-bond acceptors (Lipinski definition) is 6. The molecular formula is C5H5N5S. The third-order valence-electron chi connectivity index (χ3n) is 1.22. The molecule has 0 aliphatic carbocycles. The van der Waals surface area contributed by atoms with Crippen LogP contribution in [0.25, 0.3) is 0 Å². The minimum absolute atomic E-state index is 0.536. The monoisotopic (exact) mass is 167 g/mol. The highest BCUT2D eigenvalue weighted by molar-refractivity contribution is 7.13. The second kappa shape index (κ2) is 2.46. The number of aromatic nitrogens is 2. The second-order valence-electron chi connectivity index (χ2n) is 2.06. The highest BCUT2D eigenvalue weighted by Crippen LogP contribution is 2.12. The zero-order chi connectivity index (χ0) is 7.68. The van der Waals surface area contributed by atoms with Gasteiger partial charge in [-0.05, 0) is 12.1 Å². The van der Waals surface area contributed by atoms with Crippen molar-refractivity contribution in [1.82, 2.24) is 10.2 Å². The quantitative estimate of drug-likeness (QED) is 0.626.